The Morgan fingerprint density at radius 2 is 2.00 bits per heavy atom. The Hall–Kier alpha value is -0.450. The third kappa shape index (κ3) is 4.67. The highest BCUT2D eigenvalue weighted by Gasteiger charge is 2.12. The number of likely N-dealkylation sites (N-methyl/N-ethyl adjacent to an activating group) is 1. The number of aryl methyl sites for hydroxylation is 2. The van der Waals surface area contributed by atoms with Crippen LogP contribution in [0.1, 0.15) is 48.8 Å². The van der Waals surface area contributed by atoms with Gasteiger partial charge in [-0.1, -0.05) is 13.8 Å². The van der Waals surface area contributed by atoms with Crippen LogP contribution in [0.5, 0.6) is 0 Å². The highest BCUT2D eigenvalue weighted by molar-refractivity contribution is 7.11. The SMILES string of the molecule is CCCN(CC)CCNC(C)c1nc(C)sc1C. The molecule has 0 bridgehead atoms. The molecular formula is C14H27N3S. The maximum Gasteiger partial charge on any atom is 0.0900 e. The lowest BCUT2D eigenvalue weighted by molar-refractivity contribution is 0.283. The van der Waals surface area contributed by atoms with Crippen molar-refractivity contribution in [1.82, 2.24) is 15.2 Å². The molecule has 0 amide bonds. The van der Waals surface area contributed by atoms with Crippen LogP contribution in [0.3, 0.4) is 0 Å². The van der Waals surface area contributed by atoms with Crippen LogP contribution in [0.25, 0.3) is 0 Å². The van der Waals surface area contributed by atoms with Crippen molar-refractivity contribution in [1.29, 1.82) is 0 Å². The molecule has 0 radical (unpaired) electrons. The molecule has 104 valence electrons. The second-order valence-electron chi connectivity index (χ2n) is 4.78. The summed E-state index contributed by atoms with van der Waals surface area (Å²) >= 11 is 1.79. The Kier molecular flexibility index (Phi) is 6.82. The quantitative estimate of drug-likeness (QED) is 0.786. The minimum absolute atomic E-state index is 0.357. The van der Waals surface area contributed by atoms with Gasteiger partial charge in [0, 0.05) is 24.0 Å². The van der Waals surface area contributed by atoms with Crippen LogP contribution in [0.2, 0.25) is 0 Å². The molecule has 0 spiro atoms. The molecule has 18 heavy (non-hydrogen) atoms. The fourth-order valence-electron chi connectivity index (χ4n) is 2.23. The predicted octanol–water partition coefficient (Wildman–Crippen LogP) is 3.14. The van der Waals surface area contributed by atoms with Gasteiger partial charge in [0.05, 0.1) is 10.7 Å². The van der Waals surface area contributed by atoms with Gasteiger partial charge < -0.3 is 10.2 Å². The second kappa shape index (κ2) is 7.87. The van der Waals surface area contributed by atoms with Gasteiger partial charge in [0.2, 0.25) is 0 Å². The normalized spacial score (nSPS) is 13.2. The predicted molar refractivity (Wildman–Crippen MR) is 80.4 cm³/mol. The standard InChI is InChI=1S/C14H27N3S/c1-6-9-17(7-2)10-8-15-11(3)14-12(4)18-13(5)16-14/h11,15H,6-10H2,1-5H3. The molecule has 1 aromatic heterocycles. The summed E-state index contributed by atoms with van der Waals surface area (Å²) < 4.78 is 0. The minimum Gasteiger partial charge on any atom is -0.308 e. The van der Waals surface area contributed by atoms with Gasteiger partial charge >= 0.3 is 0 Å². The summed E-state index contributed by atoms with van der Waals surface area (Å²) in [6.45, 7) is 15.4. The molecule has 0 saturated heterocycles. The monoisotopic (exact) mass is 269 g/mol. The first-order valence-electron chi connectivity index (χ1n) is 6.98. The third-order valence-corrected chi connectivity index (χ3v) is 4.12. The Morgan fingerprint density at radius 1 is 1.28 bits per heavy atom. The van der Waals surface area contributed by atoms with Crippen molar-refractivity contribution >= 4 is 11.3 Å². The van der Waals surface area contributed by atoms with Gasteiger partial charge in [-0.25, -0.2) is 4.98 Å². The van der Waals surface area contributed by atoms with Gasteiger partial charge in [0.25, 0.3) is 0 Å². The molecule has 1 aromatic rings. The van der Waals surface area contributed by atoms with Crippen molar-refractivity contribution in [3.8, 4) is 0 Å². The lowest BCUT2D eigenvalue weighted by Gasteiger charge is -2.21. The van der Waals surface area contributed by atoms with Crippen molar-refractivity contribution in [3.63, 3.8) is 0 Å². The van der Waals surface area contributed by atoms with Crippen LogP contribution in [0.4, 0.5) is 0 Å². The van der Waals surface area contributed by atoms with Crippen LogP contribution < -0.4 is 5.32 Å². The van der Waals surface area contributed by atoms with Gasteiger partial charge in [-0.3, -0.25) is 0 Å². The topological polar surface area (TPSA) is 28.2 Å². The highest BCUT2D eigenvalue weighted by Crippen LogP contribution is 2.22. The fourth-order valence-corrected chi connectivity index (χ4v) is 3.14. The van der Waals surface area contributed by atoms with Crippen molar-refractivity contribution < 1.29 is 0 Å². The van der Waals surface area contributed by atoms with Gasteiger partial charge in [-0.2, -0.15) is 0 Å². The Labute approximate surface area is 116 Å². The molecule has 0 aliphatic rings. The number of hydrogen-bond acceptors (Lipinski definition) is 4. The van der Waals surface area contributed by atoms with E-state index in [1.165, 1.54) is 23.5 Å². The van der Waals surface area contributed by atoms with E-state index in [0.29, 0.717) is 6.04 Å². The van der Waals surface area contributed by atoms with Crippen LogP contribution in [-0.2, 0) is 0 Å². The van der Waals surface area contributed by atoms with E-state index in [9.17, 15) is 0 Å². The summed E-state index contributed by atoms with van der Waals surface area (Å²) in [7, 11) is 0. The summed E-state index contributed by atoms with van der Waals surface area (Å²) in [5.74, 6) is 0. The van der Waals surface area contributed by atoms with E-state index < -0.39 is 0 Å². The van der Waals surface area contributed by atoms with Crippen LogP contribution >= 0.6 is 11.3 Å². The van der Waals surface area contributed by atoms with E-state index in [-0.39, 0.29) is 0 Å². The number of nitrogens with one attached hydrogen (secondary N) is 1. The zero-order valence-electron chi connectivity index (χ0n) is 12.4. The molecule has 1 atom stereocenters. The summed E-state index contributed by atoms with van der Waals surface area (Å²) in [6, 6.07) is 0.357. The second-order valence-corrected chi connectivity index (χ2v) is 6.19. The van der Waals surface area contributed by atoms with E-state index in [4.69, 9.17) is 0 Å². The molecule has 1 unspecified atom stereocenters. The van der Waals surface area contributed by atoms with Crippen molar-refractivity contribution in [2.24, 2.45) is 0 Å². The van der Waals surface area contributed by atoms with Gasteiger partial charge in [-0.15, -0.1) is 11.3 Å². The Balaban J connectivity index is 2.37. The van der Waals surface area contributed by atoms with Crippen molar-refractivity contribution in [2.45, 2.75) is 47.1 Å². The van der Waals surface area contributed by atoms with E-state index >= 15 is 0 Å². The molecule has 0 fully saturated rings. The Bertz CT molecular complexity index is 349. The van der Waals surface area contributed by atoms with E-state index in [1.54, 1.807) is 11.3 Å². The van der Waals surface area contributed by atoms with Gasteiger partial charge in [0.15, 0.2) is 0 Å². The number of aromatic nitrogens is 1. The maximum atomic E-state index is 4.61. The summed E-state index contributed by atoms with van der Waals surface area (Å²) in [6.07, 6.45) is 1.23. The average molecular weight is 269 g/mol. The average Bonchev–Trinajstić information content (AvgIpc) is 2.67. The Morgan fingerprint density at radius 3 is 2.50 bits per heavy atom. The number of hydrogen-bond donors (Lipinski definition) is 1. The zero-order valence-corrected chi connectivity index (χ0v) is 13.2. The molecule has 0 aromatic carbocycles. The molecule has 0 saturated carbocycles. The molecule has 1 heterocycles. The largest absolute Gasteiger partial charge is 0.308 e. The van der Waals surface area contributed by atoms with E-state index in [2.05, 4.69) is 49.8 Å². The third-order valence-electron chi connectivity index (χ3n) is 3.22. The number of thiazole rings is 1. The van der Waals surface area contributed by atoms with Gasteiger partial charge in [0.1, 0.15) is 0 Å². The zero-order chi connectivity index (χ0) is 13.5. The molecule has 0 aliphatic heterocycles. The van der Waals surface area contributed by atoms with E-state index in [1.807, 2.05) is 0 Å². The first kappa shape index (κ1) is 15.6. The molecule has 4 heteroatoms. The van der Waals surface area contributed by atoms with Crippen LogP contribution in [0, 0.1) is 13.8 Å². The fraction of sp³-hybridized carbons (Fsp3) is 0.786. The maximum absolute atomic E-state index is 4.61. The van der Waals surface area contributed by atoms with Crippen LogP contribution in [-0.4, -0.2) is 36.1 Å². The highest BCUT2D eigenvalue weighted by atomic mass is 32.1. The number of rotatable bonds is 8. The van der Waals surface area contributed by atoms with Crippen LogP contribution in [0.15, 0.2) is 0 Å². The lowest BCUT2D eigenvalue weighted by atomic mass is 10.2. The lowest BCUT2D eigenvalue weighted by Crippen LogP contribution is -2.33. The molecule has 0 aliphatic carbocycles. The van der Waals surface area contributed by atoms with Gasteiger partial charge in [-0.05, 0) is 40.3 Å². The number of nitrogens with zero attached hydrogens (tertiary/aromatic N) is 2. The molecule has 1 rings (SSSR count). The minimum atomic E-state index is 0.357. The molecule has 1 N–H and O–H groups in total. The van der Waals surface area contributed by atoms with E-state index in [0.717, 1.165) is 24.6 Å². The molecule has 3 nitrogen and oxygen atoms in total. The first-order valence-corrected chi connectivity index (χ1v) is 7.79. The summed E-state index contributed by atoms with van der Waals surface area (Å²) in [5.41, 5.74) is 1.22. The van der Waals surface area contributed by atoms with Crippen molar-refractivity contribution in [2.75, 3.05) is 26.2 Å². The summed E-state index contributed by atoms with van der Waals surface area (Å²) in [4.78, 5) is 8.43. The first-order chi connectivity index (χ1) is 8.58. The molecular weight excluding hydrogens is 242 g/mol. The van der Waals surface area contributed by atoms with Crippen molar-refractivity contribution in [3.05, 3.63) is 15.6 Å². The smallest absolute Gasteiger partial charge is 0.0900 e. The summed E-state index contributed by atoms with van der Waals surface area (Å²) in [5, 5.41) is 4.74.